The van der Waals surface area contributed by atoms with Gasteiger partial charge in [-0.05, 0) is 36.8 Å². The summed E-state index contributed by atoms with van der Waals surface area (Å²) in [5.74, 6) is -0.982. The first-order valence-electron chi connectivity index (χ1n) is 7.60. The monoisotopic (exact) mass is 371 g/mol. The largest absolute Gasteiger partial charge is 0.355 e. The zero-order valence-corrected chi connectivity index (χ0v) is 14.2. The number of carbonyl (C=O) groups is 1. The normalized spacial score (nSPS) is 11.0. The van der Waals surface area contributed by atoms with Crippen molar-refractivity contribution in [2.24, 2.45) is 0 Å². The molecule has 4 aromatic rings. The number of hydrogen-bond acceptors (Lipinski definition) is 5. The van der Waals surface area contributed by atoms with Gasteiger partial charge in [-0.1, -0.05) is 28.6 Å². The van der Waals surface area contributed by atoms with Gasteiger partial charge in [-0.15, -0.1) is 0 Å². The molecule has 4 rings (SSSR count). The molecule has 0 saturated carbocycles. The Balaban J connectivity index is 1.56. The van der Waals surface area contributed by atoms with E-state index >= 15 is 0 Å². The topological polar surface area (TPSA) is 68.0 Å². The highest BCUT2D eigenvalue weighted by atomic mass is 32.1. The first kappa shape index (κ1) is 16.3. The van der Waals surface area contributed by atoms with Gasteiger partial charge in [-0.3, -0.25) is 10.1 Å². The van der Waals surface area contributed by atoms with E-state index in [1.807, 2.05) is 0 Å². The number of fused-ring (bicyclic) bond motifs is 1. The third-order valence-electron chi connectivity index (χ3n) is 3.77. The number of carbonyl (C=O) groups excluding carboxylic acids is 1. The molecular weight excluding hydrogens is 360 g/mol. The highest BCUT2D eigenvalue weighted by Crippen LogP contribution is 2.27. The number of anilines is 1. The molecule has 8 heteroatoms. The van der Waals surface area contributed by atoms with Gasteiger partial charge in [0, 0.05) is 11.6 Å². The molecule has 2 heterocycles. The van der Waals surface area contributed by atoms with Crippen LogP contribution in [0, 0.1) is 18.6 Å². The predicted molar refractivity (Wildman–Crippen MR) is 94.2 cm³/mol. The maximum atomic E-state index is 13.7. The molecule has 0 saturated heterocycles. The highest BCUT2D eigenvalue weighted by Gasteiger charge is 2.16. The van der Waals surface area contributed by atoms with Crippen LogP contribution in [0.4, 0.5) is 13.9 Å². The molecule has 130 valence electrons. The molecule has 0 aliphatic rings. The van der Waals surface area contributed by atoms with E-state index in [0.717, 1.165) is 11.3 Å². The molecule has 2 aromatic carbocycles. The third-order valence-corrected chi connectivity index (χ3v) is 4.70. The van der Waals surface area contributed by atoms with Crippen LogP contribution in [-0.4, -0.2) is 16.0 Å². The summed E-state index contributed by atoms with van der Waals surface area (Å²) in [5, 5.41) is 6.64. The number of halogens is 2. The lowest BCUT2D eigenvalue weighted by molar-refractivity contribution is 0.101. The third kappa shape index (κ3) is 3.06. The van der Waals surface area contributed by atoms with Gasteiger partial charge in [0.2, 0.25) is 0 Å². The van der Waals surface area contributed by atoms with Crippen LogP contribution in [-0.2, 0) is 0 Å². The first-order valence-corrected chi connectivity index (χ1v) is 8.42. The van der Waals surface area contributed by atoms with Crippen LogP contribution < -0.4 is 5.32 Å². The Hall–Kier alpha value is -3.13. The number of amides is 1. The summed E-state index contributed by atoms with van der Waals surface area (Å²) in [6, 6.07) is 10.2. The number of aromatic nitrogens is 2. The number of aryl methyl sites for hydroxylation is 1. The number of rotatable bonds is 3. The summed E-state index contributed by atoms with van der Waals surface area (Å²) in [7, 11) is 0. The summed E-state index contributed by atoms with van der Waals surface area (Å²) in [6.07, 6.45) is 0. The number of thiazole rings is 1. The zero-order chi connectivity index (χ0) is 18.3. The van der Waals surface area contributed by atoms with Gasteiger partial charge in [0.05, 0.1) is 10.2 Å². The lowest BCUT2D eigenvalue weighted by atomic mass is 10.1. The van der Waals surface area contributed by atoms with Crippen LogP contribution >= 0.6 is 11.3 Å². The number of hydrogen-bond donors (Lipinski definition) is 1. The minimum Gasteiger partial charge on any atom is -0.355 e. The maximum absolute atomic E-state index is 13.7. The van der Waals surface area contributed by atoms with Gasteiger partial charge in [-0.2, -0.15) is 0 Å². The molecule has 0 atom stereocenters. The van der Waals surface area contributed by atoms with Crippen molar-refractivity contribution in [2.45, 2.75) is 6.92 Å². The van der Waals surface area contributed by atoms with E-state index in [4.69, 9.17) is 4.52 Å². The van der Waals surface area contributed by atoms with Crippen LogP contribution in [0.25, 0.3) is 21.5 Å². The Bertz CT molecular complexity index is 1140. The molecule has 5 nitrogen and oxygen atoms in total. The van der Waals surface area contributed by atoms with Gasteiger partial charge >= 0.3 is 0 Å². The van der Waals surface area contributed by atoms with Crippen LogP contribution in [0.5, 0.6) is 0 Å². The molecule has 0 fully saturated rings. The second-order valence-corrected chi connectivity index (χ2v) is 6.66. The summed E-state index contributed by atoms with van der Waals surface area (Å²) < 4.78 is 32.7. The molecule has 0 aliphatic carbocycles. The first-order chi connectivity index (χ1) is 12.5. The molecule has 0 radical (unpaired) electrons. The fourth-order valence-corrected chi connectivity index (χ4v) is 3.26. The molecule has 1 N–H and O–H groups in total. The van der Waals surface area contributed by atoms with Gasteiger partial charge in [0.25, 0.3) is 5.91 Å². The highest BCUT2D eigenvalue weighted by molar-refractivity contribution is 7.22. The van der Waals surface area contributed by atoms with Crippen molar-refractivity contribution >= 4 is 32.6 Å². The molecule has 0 spiro atoms. The second kappa shape index (κ2) is 6.30. The molecule has 26 heavy (non-hydrogen) atoms. The Morgan fingerprint density at radius 3 is 2.81 bits per heavy atom. The maximum Gasteiger partial charge on any atom is 0.279 e. The van der Waals surface area contributed by atoms with Crippen LogP contribution in [0.1, 0.15) is 16.1 Å². The van der Waals surface area contributed by atoms with Crippen molar-refractivity contribution in [3.8, 4) is 11.3 Å². The van der Waals surface area contributed by atoms with Gasteiger partial charge < -0.3 is 4.52 Å². The number of nitrogens with one attached hydrogen (secondary N) is 1. The Morgan fingerprint density at radius 1 is 1.15 bits per heavy atom. The minimum atomic E-state index is -0.521. The average molecular weight is 371 g/mol. The summed E-state index contributed by atoms with van der Waals surface area (Å²) >= 11 is 1.15. The molecule has 1 amide bonds. The fourth-order valence-electron chi connectivity index (χ4n) is 2.38. The van der Waals surface area contributed by atoms with Crippen molar-refractivity contribution in [2.75, 3.05) is 5.32 Å². The zero-order valence-electron chi connectivity index (χ0n) is 13.4. The minimum absolute atomic E-state index is 0.0337. The van der Waals surface area contributed by atoms with Crippen molar-refractivity contribution in [3.05, 3.63) is 65.4 Å². The molecule has 0 unspecified atom stereocenters. The van der Waals surface area contributed by atoms with Gasteiger partial charge in [0.1, 0.15) is 11.6 Å². The van der Waals surface area contributed by atoms with E-state index in [9.17, 15) is 13.6 Å². The van der Waals surface area contributed by atoms with Gasteiger partial charge in [0.15, 0.2) is 16.6 Å². The lowest BCUT2D eigenvalue weighted by Gasteiger charge is -1.98. The quantitative estimate of drug-likeness (QED) is 0.562. The van der Waals surface area contributed by atoms with E-state index < -0.39 is 5.91 Å². The van der Waals surface area contributed by atoms with Crippen molar-refractivity contribution in [1.29, 1.82) is 0 Å². The van der Waals surface area contributed by atoms with Crippen LogP contribution in [0.3, 0.4) is 0 Å². The van der Waals surface area contributed by atoms with Gasteiger partial charge in [-0.25, -0.2) is 13.8 Å². The summed E-state index contributed by atoms with van der Waals surface area (Å²) in [4.78, 5) is 16.5. The van der Waals surface area contributed by atoms with Crippen molar-refractivity contribution in [1.82, 2.24) is 10.1 Å². The van der Waals surface area contributed by atoms with Crippen molar-refractivity contribution in [3.63, 3.8) is 0 Å². The van der Waals surface area contributed by atoms with E-state index in [0.29, 0.717) is 26.5 Å². The van der Waals surface area contributed by atoms with Crippen molar-refractivity contribution < 1.29 is 18.1 Å². The van der Waals surface area contributed by atoms with E-state index in [1.165, 1.54) is 30.3 Å². The molecule has 0 aliphatic heterocycles. The Kier molecular flexibility index (Phi) is 3.96. The Morgan fingerprint density at radius 2 is 2.00 bits per heavy atom. The standard InChI is InChI=1S/C18H11F2N3O2S/c1-9-2-3-10(6-12(9)20)15-8-14(23-25-15)17(24)22-18-21-13-5-4-11(19)7-16(13)26-18/h2-8H,1H3,(H,21,22,24). The summed E-state index contributed by atoms with van der Waals surface area (Å²) in [5.41, 5.74) is 1.61. The van der Waals surface area contributed by atoms with Crippen LogP contribution in [0.2, 0.25) is 0 Å². The Labute approximate surface area is 150 Å². The number of nitrogens with zero attached hydrogens (tertiary/aromatic N) is 2. The molecule has 2 aromatic heterocycles. The number of benzene rings is 2. The average Bonchev–Trinajstić information content (AvgIpc) is 3.23. The smallest absolute Gasteiger partial charge is 0.279 e. The van der Waals surface area contributed by atoms with E-state index in [1.54, 1.807) is 19.1 Å². The molecular formula is C18H11F2N3O2S. The van der Waals surface area contributed by atoms with E-state index in [-0.39, 0.29) is 23.1 Å². The second-order valence-electron chi connectivity index (χ2n) is 5.63. The predicted octanol–water partition coefficient (Wildman–Crippen LogP) is 4.79. The molecule has 0 bridgehead atoms. The lowest BCUT2D eigenvalue weighted by Crippen LogP contribution is -2.11. The summed E-state index contributed by atoms with van der Waals surface area (Å²) in [6.45, 7) is 1.66. The van der Waals surface area contributed by atoms with Crippen LogP contribution in [0.15, 0.2) is 47.0 Å². The van der Waals surface area contributed by atoms with E-state index in [2.05, 4.69) is 15.5 Å². The SMILES string of the molecule is Cc1ccc(-c2cc(C(=O)Nc3nc4ccc(F)cc4s3)no2)cc1F. The fraction of sp³-hybridized carbons (Fsp3) is 0.0556.